The van der Waals surface area contributed by atoms with Gasteiger partial charge in [-0.3, -0.25) is 9.69 Å². The second-order valence-electron chi connectivity index (χ2n) is 6.60. The molecule has 0 aliphatic carbocycles. The highest BCUT2D eigenvalue weighted by molar-refractivity contribution is 7.91. The molecule has 8 heteroatoms. The number of hydrogen-bond donors (Lipinski definition) is 1. The predicted molar refractivity (Wildman–Crippen MR) is 97.2 cm³/mol. The number of ether oxygens (including phenoxy) is 1. The zero-order valence-corrected chi connectivity index (χ0v) is 15.5. The summed E-state index contributed by atoms with van der Waals surface area (Å²) in [7, 11) is 0. The number of nitrogens with one attached hydrogen (secondary N) is 1. The summed E-state index contributed by atoms with van der Waals surface area (Å²) in [5.74, 6) is 0.827. The molecule has 2 amide bonds. The van der Waals surface area contributed by atoms with Gasteiger partial charge in [-0.15, -0.1) is 0 Å². The number of cyclic esters (lactones) is 1. The third kappa shape index (κ3) is 4.29. The Morgan fingerprint density at radius 3 is 2.81 bits per heavy atom. The molecule has 0 aromatic heterocycles. The molecule has 2 heterocycles. The van der Waals surface area contributed by atoms with Crippen molar-refractivity contribution in [2.75, 3.05) is 29.5 Å². The molecule has 0 spiro atoms. The Kier molecular flexibility index (Phi) is 6.03. The monoisotopic (exact) mass is 382 g/mol. The Morgan fingerprint density at radius 2 is 2.15 bits per heavy atom. The van der Waals surface area contributed by atoms with Crippen LogP contribution in [-0.2, 0) is 20.7 Å². The van der Waals surface area contributed by atoms with Crippen LogP contribution in [0.15, 0.2) is 18.2 Å². The number of benzene rings is 1. The fraction of sp³-hybridized carbons (Fsp3) is 0.556. The van der Waals surface area contributed by atoms with Gasteiger partial charge in [0.1, 0.15) is 23.4 Å². The van der Waals surface area contributed by atoms with E-state index in [4.69, 9.17) is 4.74 Å². The molecule has 2 aliphatic heterocycles. The van der Waals surface area contributed by atoms with Crippen LogP contribution in [0.1, 0.15) is 37.7 Å². The van der Waals surface area contributed by atoms with Gasteiger partial charge in [-0.25, -0.2) is 9.18 Å². The summed E-state index contributed by atoms with van der Waals surface area (Å²) in [6.07, 6.45) is 0.808. The lowest BCUT2D eigenvalue weighted by Crippen LogP contribution is -2.34. The smallest absolute Gasteiger partial charge is 0.414 e. The van der Waals surface area contributed by atoms with Gasteiger partial charge in [-0.2, -0.15) is 0 Å². The van der Waals surface area contributed by atoms with E-state index in [1.54, 1.807) is 19.1 Å². The average Bonchev–Trinajstić information content (AvgIpc) is 3.01. The van der Waals surface area contributed by atoms with Crippen molar-refractivity contribution in [1.82, 2.24) is 5.32 Å². The Labute approximate surface area is 155 Å². The maximum Gasteiger partial charge on any atom is 0.414 e. The second-order valence-corrected chi connectivity index (χ2v) is 8.30. The summed E-state index contributed by atoms with van der Waals surface area (Å²) in [5.41, 5.74) is 1.06. The summed E-state index contributed by atoms with van der Waals surface area (Å²) in [5, 5.41) is 2.69. The van der Waals surface area contributed by atoms with Crippen LogP contribution in [0, 0.1) is 5.82 Å². The summed E-state index contributed by atoms with van der Waals surface area (Å²) >= 11 is -0.785. The molecule has 1 aromatic rings. The van der Waals surface area contributed by atoms with Crippen molar-refractivity contribution in [3.63, 3.8) is 0 Å². The molecule has 0 bridgehead atoms. The van der Waals surface area contributed by atoms with Crippen molar-refractivity contribution in [3.05, 3.63) is 29.6 Å². The van der Waals surface area contributed by atoms with Gasteiger partial charge in [0.2, 0.25) is 5.91 Å². The Hall–Kier alpha value is -1.80. The summed E-state index contributed by atoms with van der Waals surface area (Å²) < 4.78 is 31.3. The predicted octanol–water partition coefficient (Wildman–Crippen LogP) is 2.30. The fourth-order valence-electron chi connectivity index (χ4n) is 3.31. The summed E-state index contributed by atoms with van der Waals surface area (Å²) in [4.78, 5) is 24.8. The van der Waals surface area contributed by atoms with Gasteiger partial charge in [0, 0.05) is 6.42 Å². The normalized spacial score (nSPS) is 25.9. The lowest BCUT2D eigenvalue weighted by atomic mass is 9.93. The van der Waals surface area contributed by atoms with E-state index in [1.807, 2.05) is 0 Å². The minimum absolute atomic E-state index is 0.0734. The van der Waals surface area contributed by atoms with Crippen LogP contribution in [0.4, 0.5) is 14.9 Å². The summed E-state index contributed by atoms with van der Waals surface area (Å²) in [6, 6.07) is 4.79. The average molecular weight is 382 g/mol. The maximum absolute atomic E-state index is 14.6. The van der Waals surface area contributed by atoms with Gasteiger partial charge in [0.25, 0.3) is 0 Å². The molecule has 2 fully saturated rings. The van der Waals surface area contributed by atoms with Gasteiger partial charge < -0.3 is 14.6 Å². The van der Waals surface area contributed by atoms with Crippen LogP contribution >= 0.6 is 0 Å². The highest BCUT2D eigenvalue weighted by atomic mass is 32.2. The van der Waals surface area contributed by atoms with E-state index in [0.29, 0.717) is 42.0 Å². The van der Waals surface area contributed by atoms with Gasteiger partial charge >= 0.3 is 6.09 Å². The first-order valence-corrected chi connectivity index (χ1v) is 10.4. The van der Waals surface area contributed by atoms with E-state index >= 15 is 0 Å². The van der Waals surface area contributed by atoms with Gasteiger partial charge in [-0.1, -0.05) is 24.2 Å². The molecule has 0 unspecified atom stereocenters. The third-order valence-corrected chi connectivity index (χ3v) is 6.23. The third-order valence-electron chi connectivity index (χ3n) is 4.85. The lowest BCUT2D eigenvalue weighted by Gasteiger charge is -2.25. The molecule has 2 aliphatic rings. The molecule has 1 atom stereocenters. The summed E-state index contributed by atoms with van der Waals surface area (Å²) in [6.45, 7) is 2.26. The van der Waals surface area contributed by atoms with Crippen molar-refractivity contribution < 1.29 is 23.3 Å². The molecule has 0 saturated carbocycles. The molecule has 3 rings (SSSR count). The van der Waals surface area contributed by atoms with Crippen LogP contribution in [0.2, 0.25) is 0 Å². The Balaban J connectivity index is 1.65. The fourth-order valence-corrected chi connectivity index (χ4v) is 4.61. The number of anilines is 1. The van der Waals surface area contributed by atoms with Crippen LogP contribution in [-0.4, -0.2) is 47.3 Å². The van der Waals surface area contributed by atoms with E-state index in [1.165, 1.54) is 11.0 Å². The highest BCUT2D eigenvalue weighted by Crippen LogP contribution is 2.33. The van der Waals surface area contributed by atoms with E-state index in [0.717, 1.165) is 0 Å². The van der Waals surface area contributed by atoms with Crippen molar-refractivity contribution >= 4 is 28.9 Å². The molecule has 1 N–H and O–H groups in total. The molecule has 2 saturated heterocycles. The first-order chi connectivity index (χ1) is 12.5. The zero-order valence-electron chi connectivity index (χ0n) is 14.7. The SMILES string of the molecule is CCC(=O)NC[C@H]1CN(c2ccc([C@H]3CC[S@@+]([O-])CC3)c(F)c2)C(=O)O1. The second kappa shape index (κ2) is 8.26. The molecule has 26 heavy (non-hydrogen) atoms. The van der Waals surface area contributed by atoms with Crippen LogP contribution in [0.5, 0.6) is 0 Å². The first-order valence-electron chi connectivity index (χ1n) is 8.87. The van der Waals surface area contributed by atoms with Crippen molar-refractivity contribution in [3.8, 4) is 0 Å². The Morgan fingerprint density at radius 1 is 1.42 bits per heavy atom. The van der Waals surface area contributed by atoms with Gasteiger partial charge in [0.05, 0.1) is 18.8 Å². The topological polar surface area (TPSA) is 81.7 Å². The molecule has 1 aromatic carbocycles. The number of amides is 2. The van der Waals surface area contributed by atoms with E-state index in [-0.39, 0.29) is 30.7 Å². The maximum atomic E-state index is 14.6. The first kappa shape index (κ1) is 19.0. The minimum Gasteiger partial charge on any atom is -0.616 e. The standard InChI is InChI=1S/C18H23FN2O4S/c1-2-17(22)20-10-14-11-21(18(23)25-14)13-3-4-15(16(19)9-13)12-5-7-26(24)8-6-12/h3-4,9,12,14H,2,5-8,10-11H2,1H3,(H,20,22)/t12-,14-,26+/m0/s1. The van der Waals surface area contributed by atoms with Crippen molar-refractivity contribution in [2.45, 2.75) is 38.2 Å². The number of rotatable bonds is 5. The van der Waals surface area contributed by atoms with Crippen molar-refractivity contribution in [1.29, 1.82) is 0 Å². The number of hydrogen-bond acceptors (Lipinski definition) is 4. The van der Waals surface area contributed by atoms with Gasteiger partial charge in [-0.05, 0) is 36.5 Å². The number of carbonyl (C=O) groups is 2. The number of carbonyl (C=O) groups excluding carboxylic acids is 2. The van der Waals surface area contributed by atoms with Crippen LogP contribution < -0.4 is 10.2 Å². The van der Waals surface area contributed by atoms with Crippen molar-refractivity contribution in [2.24, 2.45) is 0 Å². The number of nitrogens with zero attached hydrogens (tertiary/aromatic N) is 1. The van der Waals surface area contributed by atoms with Crippen LogP contribution in [0.25, 0.3) is 0 Å². The van der Waals surface area contributed by atoms with E-state index in [9.17, 15) is 18.5 Å². The minimum atomic E-state index is -0.785. The quantitative estimate of drug-likeness (QED) is 0.793. The zero-order chi connectivity index (χ0) is 18.7. The van der Waals surface area contributed by atoms with Gasteiger partial charge in [0.15, 0.2) is 0 Å². The largest absolute Gasteiger partial charge is 0.616 e. The molecular formula is C18H23FN2O4S. The molecule has 6 nitrogen and oxygen atoms in total. The Bertz CT molecular complexity index is 679. The van der Waals surface area contributed by atoms with E-state index < -0.39 is 23.4 Å². The van der Waals surface area contributed by atoms with E-state index in [2.05, 4.69) is 5.32 Å². The molecule has 0 radical (unpaired) electrons. The highest BCUT2D eigenvalue weighted by Gasteiger charge is 2.33. The van der Waals surface area contributed by atoms with Crippen LogP contribution in [0.3, 0.4) is 0 Å². The molecular weight excluding hydrogens is 359 g/mol. The molecule has 142 valence electrons. The lowest BCUT2D eigenvalue weighted by molar-refractivity contribution is -0.121. The number of halogens is 1.